The third-order valence-electron chi connectivity index (χ3n) is 5.32. The van der Waals surface area contributed by atoms with Crippen LogP contribution in [-0.4, -0.2) is 18.7 Å². The van der Waals surface area contributed by atoms with Crippen molar-refractivity contribution in [3.63, 3.8) is 0 Å². The maximum absolute atomic E-state index is 12.5. The van der Waals surface area contributed by atoms with Gasteiger partial charge >= 0.3 is 11.9 Å². The van der Waals surface area contributed by atoms with E-state index in [0.717, 1.165) is 30.0 Å². The molecule has 0 saturated carbocycles. The highest BCUT2D eigenvalue weighted by molar-refractivity contribution is 5.91. The predicted octanol–water partition coefficient (Wildman–Crippen LogP) is 6.23. The molecule has 3 rings (SSSR count). The van der Waals surface area contributed by atoms with E-state index in [2.05, 4.69) is 20.4 Å². The predicted molar refractivity (Wildman–Crippen MR) is 128 cm³/mol. The summed E-state index contributed by atoms with van der Waals surface area (Å²) in [4.78, 5) is 23.5. The van der Waals surface area contributed by atoms with Crippen LogP contribution < -0.4 is 9.47 Å². The summed E-state index contributed by atoms with van der Waals surface area (Å²) in [6, 6.07) is 22.3. The molecule has 0 spiro atoms. The van der Waals surface area contributed by atoms with Crippen LogP contribution in [0, 0.1) is 5.92 Å². The maximum Gasteiger partial charge on any atom is 0.343 e. The molecule has 0 bridgehead atoms. The average molecular weight is 445 g/mol. The van der Waals surface area contributed by atoms with Gasteiger partial charge in [-0.1, -0.05) is 63.2 Å². The zero-order valence-corrected chi connectivity index (χ0v) is 19.0. The molecule has 5 nitrogen and oxygen atoms in total. The van der Waals surface area contributed by atoms with Crippen molar-refractivity contribution in [1.82, 2.24) is 0 Å². The molecule has 0 aromatic heterocycles. The van der Waals surface area contributed by atoms with E-state index in [0.29, 0.717) is 23.0 Å². The summed E-state index contributed by atoms with van der Waals surface area (Å²) >= 11 is 0. The first-order valence-electron chi connectivity index (χ1n) is 10.9. The van der Waals surface area contributed by atoms with Crippen LogP contribution in [0.5, 0.6) is 11.5 Å². The molecule has 0 aliphatic rings. The lowest BCUT2D eigenvalue weighted by Crippen LogP contribution is -2.08. The minimum atomic E-state index is -0.536. The Morgan fingerprint density at radius 2 is 1.45 bits per heavy atom. The van der Waals surface area contributed by atoms with Gasteiger partial charge in [-0.15, -0.1) is 0 Å². The number of hydrogen-bond donors (Lipinski definition) is 0. The molecule has 0 aliphatic carbocycles. The first-order valence-corrected chi connectivity index (χ1v) is 10.9. The van der Waals surface area contributed by atoms with Crippen LogP contribution >= 0.6 is 0 Å². The van der Waals surface area contributed by atoms with Crippen LogP contribution in [-0.2, 0) is 16.0 Å². The van der Waals surface area contributed by atoms with Gasteiger partial charge in [0.25, 0.3) is 0 Å². The van der Waals surface area contributed by atoms with Crippen molar-refractivity contribution in [1.29, 1.82) is 0 Å². The Morgan fingerprint density at radius 3 is 2.00 bits per heavy atom. The van der Waals surface area contributed by atoms with Gasteiger partial charge < -0.3 is 14.2 Å². The Bertz CT molecular complexity index is 1070. The van der Waals surface area contributed by atoms with Gasteiger partial charge in [-0.05, 0) is 65.4 Å². The zero-order chi connectivity index (χ0) is 23.6. The molecule has 3 aromatic carbocycles. The molecular formula is C28H28O5. The van der Waals surface area contributed by atoms with Crippen LogP contribution in [0.15, 0.2) is 85.5 Å². The van der Waals surface area contributed by atoms with E-state index in [9.17, 15) is 9.59 Å². The fourth-order valence-electron chi connectivity index (χ4n) is 3.16. The highest BCUT2D eigenvalue weighted by atomic mass is 16.7. The fraction of sp³-hybridized carbons (Fsp3) is 0.214. The minimum Gasteiger partial charge on any atom is -0.457 e. The second kappa shape index (κ2) is 11.7. The van der Waals surface area contributed by atoms with Crippen molar-refractivity contribution in [3.8, 4) is 22.6 Å². The van der Waals surface area contributed by atoms with E-state index in [1.807, 2.05) is 48.5 Å². The largest absolute Gasteiger partial charge is 0.457 e. The molecule has 0 amide bonds. The summed E-state index contributed by atoms with van der Waals surface area (Å²) in [7, 11) is 0. The van der Waals surface area contributed by atoms with E-state index in [1.165, 1.54) is 5.56 Å². The lowest BCUT2D eigenvalue weighted by atomic mass is 9.98. The minimum absolute atomic E-state index is 0.176. The van der Waals surface area contributed by atoms with Crippen LogP contribution in [0.25, 0.3) is 11.1 Å². The van der Waals surface area contributed by atoms with Crippen LogP contribution in [0.1, 0.15) is 36.2 Å². The number of ether oxygens (including phenoxy) is 3. The van der Waals surface area contributed by atoms with Crippen molar-refractivity contribution in [2.24, 2.45) is 5.92 Å². The van der Waals surface area contributed by atoms with Gasteiger partial charge in [0.15, 0.2) is 0 Å². The second-order valence-electron chi connectivity index (χ2n) is 7.78. The average Bonchev–Trinajstić information content (AvgIpc) is 2.85. The Balaban J connectivity index is 1.56. The normalized spacial score (nSPS) is 11.3. The summed E-state index contributed by atoms with van der Waals surface area (Å²) in [5.41, 5.74) is 3.69. The molecule has 0 radical (unpaired) electrons. The molecule has 0 heterocycles. The molecule has 1 unspecified atom stereocenters. The summed E-state index contributed by atoms with van der Waals surface area (Å²) in [6.07, 6.45) is 3.21. The number of carbonyl (C=O) groups excluding carboxylic acids is 2. The number of carbonyl (C=O) groups is 2. The third kappa shape index (κ3) is 7.07. The summed E-state index contributed by atoms with van der Waals surface area (Å²) in [5.74, 6) is 0.766. The van der Waals surface area contributed by atoms with Gasteiger partial charge in [-0.3, -0.25) is 0 Å². The quantitative estimate of drug-likeness (QED) is 0.161. The Morgan fingerprint density at radius 1 is 0.879 bits per heavy atom. The van der Waals surface area contributed by atoms with Crippen molar-refractivity contribution in [2.75, 3.05) is 6.79 Å². The Kier molecular flexibility index (Phi) is 8.42. The molecule has 170 valence electrons. The number of hydrogen-bond acceptors (Lipinski definition) is 5. The Labute approximate surface area is 194 Å². The zero-order valence-electron chi connectivity index (χ0n) is 19.0. The SMILES string of the molecule is C=CC(=O)OCOc1ccc(-c2ccc(OC(=O)c3ccc(CC(C)CC)cc3)cc2)cc1. The van der Waals surface area contributed by atoms with Crippen molar-refractivity contribution < 1.29 is 23.8 Å². The number of rotatable bonds is 10. The molecule has 1 atom stereocenters. The van der Waals surface area contributed by atoms with E-state index < -0.39 is 5.97 Å². The van der Waals surface area contributed by atoms with Crippen molar-refractivity contribution in [3.05, 3.63) is 96.6 Å². The standard InChI is InChI=1S/C28H28O5/c1-4-20(3)18-21-6-8-24(9-7-21)28(30)33-26-16-12-23(13-17-26)22-10-14-25(15-11-22)31-19-32-27(29)5-2/h5-17,20H,2,4,18-19H2,1,3H3. The van der Waals surface area contributed by atoms with Gasteiger partial charge in [0.05, 0.1) is 5.56 Å². The van der Waals surface area contributed by atoms with E-state index >= 15 is 0 Å². The molecule has 5 heteroatoms. The van der Waals surface area contributed by atoms with Crippen LogP contribution in [0.4, 0.5) is 0 Å². The van der Waals surface area contributed by atoms with Gasteiger partial charge in [0, 0.05) is 6.08 Å². The highest BCUT2D eigenvalue weighted by Gasteiger charge is 2.10. The van der Waals surface area contributed by atoms with Gasteiger partial charge in [-0.2, -0.15) is 0 Å². The van der Waals surface area contributed by atoms with Gasteiger partial charge in [0.1, 0.15) is 11.5 Å². The molecule has 3 aromatic rings. The molecular weight excluding hydrogens is 416 g/mol. The third-order valence-corrected chi connectivity index (χ3v) is 5.32. The van der Waals surface area contributed by atoms with E-state index in [-0.39, 0.29) is 12.8 Å². The Hall–Kier alpha value is -3.86. The lowest BCUT2D eigenvalue weighted by Gasteiger charge is -2.10. The highest BCUT2D eigenvalue weighted by Crippen LogP contribution is 2.25. The fourth-order valence-corrected chi connectivity index (χ4v) is 3.16. The maximum atomic E-state index is 12.5. The summed E-state index contributed by atoms with van der Waals surface area (Å²) in [5, 5.41) is 0. The monoisotopic (exact) mass is 444 g/mol. The van der Waals surface area contributed by atoms with Gasteiger partial charge in [-0.25, -0.2) is 9.59 Å². The smallest absolute Gasteiger partial charge is 0.343 e. The molecule has 0 N–H and O–H groups in total. The number of esters is 2. The summed E-state index contributed by atoms with van der Waals surface area (Å²) < 4.78 is 15.7. The van der Waals surface area contributed by atoms with Crippen LogP contribution in [0.3, 0.4) is 0 Å². The second-order valence-corrected chi connectivity index (χ2v) is 7.78. The topological polar surface area (TPSA) is 61.8 Å². The molecule has 33 heavy (non-hydrogen) atoms. The van der Waals surface area contributed by atoms with E-state index in [1.54, 1.807) is 24.3 Å². The van der Waals surface area contributed by atoms with E-state index in [4.69, 9.17) is 14.2 Å². The van der Waals surface area contributed by atoms with Gasteiger partial charge in [0.2, 0.25) is 6.79 Å². The first kappa shape index (κ1) is 23.8. The lowest BCUT2D eigenvalue weighted by molar-refractivity contribution is -0.144. The van der Waals surface area contributed by atoms with Crippen molar-refractivity contribution >= 4 is 11.9 Å². The van der Waals surface area contributed by atoms with Crippen molar-refractivity contribution in [2.45, 2.75) is 26.7 Å². The first-order chi connectivity index (χ1) is 16.0. The molecule has 0 aliphatic heterocycles. The summed E-state index contributed by atoms with van der Waals surface area (Å²) in [6.45, 7) is 7.55. The van der Waals surface area contributed by atoms with Crippen LogP contribution in [0.2, 0.25) is 0 Å². The number of benzene rings is 3. The molecule has 0 fully saturated rings. The molecule has 0 saturated heterocycles.